The van der Waals surface area contributed by atoms with Crippen LogP contribution < -0.4 is 5.73 Å². The molecule has 0 spiro atoms. The van der Waals surface area contributed by atoms with Crippen LogP contribution in [0.5, 0.6) is 0 Å². The molecule has 1 aliphatic carbocycles. The van der Waals surface area contributed by atoms with Crippen molar-refractivity contribution in [1.29, 1.82) is 0 Å². The number of hydrogen-bond acceptors (Lipinski definition) is 2. The second-order valence-electron chi connectivity index (χ2n) is 5.69. The van der Waals surface area contributed by atoms with Gasteiger partial charge in [0, 0.05) is 17.1 Å². The molecule has 1 aliphatic rings. The summed E-state index contributed by atoms with van der Waals surface area (Å²) < 4.78 is 14.3. The summed E-state index contributed by atoms with van der Waals surface area (Å²) in [5.74, 6) is 0.408. The van der Waals surface area contributed by atoms with Crippen LogP contribution in [0.15, 0.2) is 22.7 Å². The fraction of sp³-hybridized carbons (Fsp3) is 0.625. The van der Waals surface area contributed by atoms with E-state index in [0.717, 1.165) is 29.7 Å². The zero-order valence-electron chi connectivity index (χ0n) is 12.1. The van der Waals surface area contributed by atoms with E-state index < -0.39 is 0 Å². The summed E-state index contributed by atoms with van der Waals surface area (Å²) >= 11 is 3.37. The van der Waals surface area contributed by atoms with Crippen LogP contribution in [0.1, 0.15) is 38.2 Å². The highest BCUT2D eigenvalue weighted by Crippen LogP contribution is 2.29. The van der Waals surface area contributed by atoms with Crippen LogP contribution in [0.2, 0.25) is 0 Å². The van der Waals surface area contributed by atoms with Gasteiger partial charge in [0.15, 0.2) is 0 Å². The Balaban J connectivity index is 2.11. The topological polar surface area (TPSA) is 29.3 Å². The number of rotatable bonds is 5. The molecule has 2 N–H and O–H groups in total. The van der Waals surface area contributed by atoms with Crippen LogP contribution in [0.25, 0.3) is 0 Å². The molecule has 4 heteroatoms. The lowest BCUT2D eigenvalue weighted by Gasteiger charge is -2.39. The van der Waals surface area contributed by atoms with E-state index in [2.05, 4.69) is 27.8 Å². The third-order valence-electron chi connectivity index (χ3n) is 4.35. The molecule has 0 aliphatic heterocycles. The predicted molar refractivity (Wildman–Crippen MR) is 85.0 cm³/mol. The van der Waals surface area contributed by atoms with Crippen LogP contribution >= 0.6 is 15.9 Å². The Morgan fingerprint density at radius 2 is 2.05 bits per heavy atom. The fourth-order valence-corrected chi connectivity index (χ4v) is 3.86. The summed E-state index contributed by atoms with van der Waals surface area (Å²) in [6, 6.07) is 5.68. The molecule has 2 rings (SSSR count). The maximum atomic E-state index is 13.5. The third-order valence-corrected chi connectivity index (χ3v) is 4.81. The lowest BCUT2D eigenvalue weighted by molar-refractivity contribution is 0.105. The van der Waals surface area contributed by atoms with Gasteiger partial charge in [-0.2, -0.15) is 0 Å². The van der Waals surface area contributed by atoms with E-state index in [4.69, 9.17) is 5.73 Å². The first kappa shape index (κ1) is 15.9. The first-order valence-electron chi connectivity index (χ1n) is 7.53. The van der Waals surface area contributed by atoms with E-state index in [0.29, 0.717) is 12.0 Å². The van der Waals surface area contributed by atoms with Crippen molar-refractivity contribution in [3.63, 3.8) is 0 Å². The molecule has 1 fully saturated rings. The monoisotopic (exact) mass is 342 g/mol. The van der Waals surface area contributed by atoms with E-state index in [1.165, 1.54) is 31.7 Å². The molecule has 2 unspecified atom stereocenters. The van der Waals surface area contributed by atoms with Gasteiger partial charge < -0.3 is 5.73 Å². The summed E-state index contributed by atoms with van der Waals surface area (Å²) in [5, 5.41) is 0. The molecule has 0 amide bonds. The predicted octanol–water partition coefficient (Wildman–Crippen LogP) is 3.93. The Kier molecular flexibility index (Phi) is 6.00. The van der Waals surface area contributed by atoms with E-state index in [9.17, 15) is 4.39 Å². The van der Waals surface area contributed by atoms with Crippen LogP contribution in [0.3, 0.4) is 0 Å². The van der Waals surface area contributed by atoms with Crippen LogP contribution in [-0.2, 0) is 6.54 Å². The van der Waals surface area contributed by atoms with Gasteiger partial charge in [-0.15, -0.1) is 0 Å². The van der Waals surface area contributed by atoms with E-state index >= 15 is 0 Å². The Hall–Kier alpha value is -0.450. The molecule has 0 heterocycles. The highest BCUT2D eigenvalue weighted by molar-refractivity contribution is 9.10. The maximum Gasteiger partial charge on any atom is 0.124 e. The second kappa shape index (κ2) is 7.53. The molecular formula is C16H24BrFN2. The number of hydrogen-bond donors (Lipinski definition) is 1. The van der Waals surface area contributed by atoms with Crippen molar-refractivity contribution in [2.24, 2.45) is 11.7 Å². The first-order valence-corrected chi connectivity index (χ1v) is 8.32. The van der Waals surface area contributed by atoms with Crippen LogP contribution in [0, 0.1) is 11.7 Å². The molecular weight excluding hydrogens is 319 g/mol. The zero-order valence-corrected chi connectivity index (χ0v) is 13.7. The van der Waals surface area contributed by atoms with Crippen molar-refractivity contribution in [3.05, 3.63) is 34.1 Å². The Labute approximate surface area is 129 Å². The molecule has 0 saturated heterocycles. The molecule has 112 valence electrons. The van der Waals surface area contributed by atoms with Crippen molar-refractivity contribution in [2.75, 3.05) is 13.1 Å². The normalized spacial score (nSPS) is 23.2. The minimum absolute atomic E-state index is 0.176. The van der Waals surface area contributed by atoms with Gasteiger partial charge in [-0.25, -0.2) is 4.39 Å². The van der Waals surface area contributed by atoms with Gasteiger partial charge in [0.25, 0.3) is 0 Å². The van der Waals surface area contributed by atoms with Gasteiger partial charge in [-0.1, -0.05) is 35.7 Å². The lowest BCUT2D eigenvalue weighted by atomic mass is 9.83. The van der Waals surface area contributed by atoms with Crippen molar-refractivity contribution in [2.45, 2.75) is 45.2 Å². The Morgan fingerprint density at radius 1 is 1.30 bits per heavy atom. The van der Waals surface area contributed by atoms with Gasteiger partial charge in [0.1, 0.15) is 5.82 Å². The van der Waals surface area contributed by atoms with E-state index in [1.807, 2.05) is 6.07 Å². The summed E-state index contributed by atoms with van der Waals surface area (Å²) in [7, 11) is 0. The summed E-state index contributed by atoms with van der Waals surface area (Å²) in [4.78, 5) is 2.46. The quantitative estimate of drug-likeness (QED) is 0.878. The molecule has 0 aromatic heterocycles. The average molecular weight is 343 g/mol. The highest BCUT2D eigenvalue weighted by Gasteiger charge is 2.28. The average Bonchev–Trinajstić information content (AvgIpc) is 2.43. The first-order chi connectivity index (χ1) is 9.63. The van der Waals surface area contributed by atoms with E-state index in [1.54, 1.807) is 6.07 Å². The fourth-order valence-electron chi connectivity index (χ4n) is 3.34. The molecule has 0 bridgehead atoms. The van der Waals surface area contributed by atoms with Crippen molar-refractivity contribution >= 4 is 15.9 Å². The molecule has 2 atom stereocenters. The van der Waals surface area contributed by atoms with Crippen molar-refractivity contribution in [3.8, 4) is 0 Å². The summed E-state index contributed by atoms with van der Waals surface area (Å²) in [6.07, 6.45) is 5.02. The smallest absolute Gasteiger partial charge is 0.124 e. The van der Waals surface area contributed by atoms with Crippen LogP contribution in [-0.4, -0.2) is 24.0 Å². The van der Waals surface area contributed by atoms with Gasteiger partial charge in [-0.05, 0) is 55.6 Å². The number of halogens is 2. The Bertz CT molecular complexity index is 418. The van der Waals surface area contributed by atoms with Gasteiger partial charge in [0.05, 0.1) is 0 Å². The standard InChI is InChI=1S/C16H24BrFN2/c1-2-20(16-6-4-3-5-13(16)10-19)11-12-7-14(17)9-15(18)8-12/h7-9,13,16H,2-6,10-11,19H2,1H3. The summed E-state index contributed by atoms with van der Waals surface area (Å²) in [6.45, 7) is 4.72. The summed E-state index contributed by atoms with van der Waals surface area (Å²) in [5.41, 5.74) is 6.96. The Morgan fingerprint density at radius 3 is 2.70 bits per heavy atom. The third kappa shape index (κ3) is 4.03. The lowest BCUT2D eigenvalue weighted by Crippen LogP contribution is -2.44. The largest absolute Gasteiger partial charge is 0.330 e. The van der Waals surface area contributed by atoms with Gasteiger partial charge in [0.2, 0.25) is 0 Å². The van der Waals surface area contributed by atoms with E-state index in [-0.39, 0.29) is 5.82 Å². The van der Waals surface area contributed by atoms with Gasteiger partial charge in [-0.3, -0.25) is 4.90 Å². The number of nitrogens with zero attached hydrogens (tertiary/aromatic N) is 1. The van der Waals surface area contributed by atoms with Crippen molar-refractivity contribution < 1.29 is 4.39 Å². The van der Waals surface area contributed by atoms with Gasteiger partial charge >= 0.3 is 0 Å². The number of benzene rings is 1. The molecule has 20 heavy (non-hydrogen) atoms. The second-order valence-corrected chi connectivity index (χ2v) is 6.60. The number of nitrogens with two attached hydrogens (primary N) is 1. The molecule has 1 saturated carbocycles. The molecule has 2 nitrogen and oxygen atoms in total. The highest BCUT2D eigenvalue weighted by atomic mass is 79.9. The maximum absolute atomic E-state index is 13.5. The molecule has 1 aromatic carbocycles. The van der Waals surface area contributed by atoms with Crippen molar-refractivity contribution in [1.82, 2.24) is 4.90 Å². The SMILES string of the molecule is CCN(Cc1cc(F)cc(Br)c1)C1CCCCC1CN. The minimum atomic E-state index is -0.176. The van der Waals surface area contributed by atoms with Crippen LogP contribution in [0.4, 0.5) is 4.39 Å². The molecule has 0 radical (unpaired) electrons. The molecule has 1 aromatic rings. The zero-order chi connectivity index (χ0) is 14.5. The minimum Gasteiger partial charge on any atom is -0.330 e.